The summed E-state index contributed by atoms with van der Waals surface area (Å²) in [6.07, 6.45) is 0. The van der Waals surface area contributed by atoms with Gasteiger partial charge in [-0.25, -0.2) is 0 Å². The van der Waals surface area contributed by atoms with Gasteiger partial charge in [0.05, 0.1) is 0 Å². The summed E-state index contributed by atoms with van der Waals surface area (Å²) in [6, 6.07) is 0. The molecular formula is C7H10O3. The Hall–Kier alpha value is -1.12. The van der Waals surface area contributed by atoms with E-state index in [1.165, 1.54) is 0 Å². The van der Waals surface area contributed by atoms with Crippen molar-refractivity contribution in [1.82, 2.24) is 0 Å². The zero-order valence-corrected chi connectivity index (χ0v) is 6.14. The maximum absolute atomic E-state index is 5.04. The van der Waals surface area contributed by atoms with Gasteiger partial charge in [0.25, 0.3) is 17.7 Å². The van der Waals surface area contributed by atoms with E-state index >= 15 is 0 Å². The van der Waals surface area contributed by atoms with Gasteiger partial charge in [-0.2, -0.15) is 0 Å². The standard InChI is InChI=1S/C7H10O3/c1-5-8-6(2)10-7(3,4)9-5/h1-2H2,3-4H3. The van der Waals surface area contributed by atoms with Crippen LogP contribution in [0, 0.1) is 0 Å². The molecule has 0 aromatic heterocycles. The van der Waals surface area contributed by atoms with Gasteiger partial charge in [-0.05, 0) is 13.2 Å². The van der Waals surface area contributed by atoms with E-state index in [4.69, 9.17) is 14.2 Å². The second-order valence-corrected chi connectivity index (χ2v) is 2.45. The van der Waals surface area contributed by atoms with Crippen LogP contribution in [-0.2, 0) is 14.2 Å². The van der Waals surface area contributed by atoms with Crippen molar-refractivity contribution in [3.8, 4) is 0 Å². The Labute approximate surface area is 59.9 Å². The number of hydrogen-bond acceptors (Lipinski definition) is 3. The molecule has 0 bridgehead atoms. The molecule has 1 rings (SSSR count). The Balaban J connectivity index is 2.68. The molecule has 3 heteroatoms. The number of ether oxygens (including phenoxy) is 3. The first-order valence-corrected chi connectivity index (χ1v) is 2.93. The molecule has 1 aliphatic rings. The minimum Gasteiger partial charge on any atom is -0.423 e. The molecule has 1 aliphatic heterocycles. The molecule has 0 amide bonds. The second kappa shape index (κ2) is 1.94. The average molecular weight is 142 g/mol. The molecule has 1 fully saturated rings. The lowest BCUT2D eigenvalue weighted by Gasteiger charge is -2.32. The molecule has 10 heavy (non-hydrogen) atoms. The molecule has 0 unspecified atom stereocenters. The Morgan fingerprint density at radius 1 is 1.10 bits per heavy atom. The maximum Gasteiger partial charge on any atom is 0.282 e. The molecule has 1 saturated heterocycles. The van der Waals surface area contributed by atoms with E-state index in [2.05, 4.69) is 13.2 Å². The van der Waals surface area contributed by atoms with Crippen molar-refractivity contribution in [2.24, 2.45) is 0 Å². The first-order valence-electron chi connectivity index (χ1n) is 2.93. The van der Waals surface area contributed by atoms with Gasteiger partial charge in [0.15, 0.2) is 0 Å². The van der Waals surface area contributed by atoms with Crippen LogP contribution in [0.4, 0.5) is 0 Å². The van der Waals surface area contributed by atoms with E-state index in [1.807, 2.05) is 0 Å². The molecule has 0 aromatic rings. The summed E-state index contributed by atoms with van der Waals surface area (Å²) in [5.74, 6) is -0.255. The van der Waals surface area contributed by atoms with E-state index in [0.717, 1.165) is 0 Å². The Kier molecular flexibility index (Phi) is 1.35. The van der Waals surface area contributed by atoms with Gasteiger partial charge in [-0.15, -0.1) is 0 Å². The van der Waals surface area contributed by atoms with Crippen LogP contribution in [0.5, 0.6) is 0 Å². The summed E-state index contributed by atoms with van der Waals surface area (Å²) in [4.78, 5) is 0. The van der Waals surface area contributed by atoms with Gasteiger partial charge in [0, 0.05) is 13.8 Å². The van der Waals surface area contributed by atoms with E-state index in [9.17, 15) is 0 Å². The maximum atomic E-state index is 5.04. The molecule has 0 atom stereocenters. The highest BCUT2D eigenvalue weighted by Crippen LogP contribution is 2.26. The number of hydrogen-bond donors (Lipinski definition) is 0. The first-order chi connectivity index (χ1) is 4.49. The van der Waals surface area contributed by atoms with E-state index in [-0.39, 0.29) is 11.9 Å². The van der Waals surface area contributed by atoms with Crippen LogP contribution in [-0.4, -0.2) is 5.79 Å². The predicted molar refractivity (Wildman–Crippen MR) is 35.6 cm³/mol. The van der Waals surface area contributed by atoms with E-state index < -0.39 is 5.79 Å². The minimum atomic E-state index is -0.702. The summed E-state index contributed by atoms with van der Waals surface area (Å²) in [7, 11) is 0. The van der Waals surface area contributed by atoms with Crippen molar-refractivity contribution >= 4 is 0 Å². The molecule has 0 N–H and O–H groups in total. The van der Waals surface area contributed by atoms with Gasteiger partial charge in [0.2, 0.25) is 0 Å². The smallest absolute Gasteiger partial charge is 0.282 e. The van der Waals surface area contributed by atoms with Gasteiger partial charge in [-0.3, -0.25) is 0 Å². The zero-order chi connectivity index (χ0) is 7.78. The van der Waals surface area contributed by atoms with Crippen LogP contribution in [0.1, 0.15) is 13.8 Å². The first kappa shape index (κ1) is 6.99. The molecule has 0 spiro atoms. The third-order valence-electron chi connectivity index (χ3n) is 0.947. The van der Waals surface area contributed by atoms with Gasteiger partial charge in [-0.1, -0.05) is 0 Å². The van der Waals surface area contributed by atoms with Crippen LogP contribution < -0.4 is 0 Å². The fraction of sp³-hybridized carbons (Fsp3) is 0.429. The zero-order valence-electron chi connectivity index (χ0n) is 6.14. The molecule has 0 aromatic carbocycles. The summed E-state index contributed by atoms with van der Waals surface area (Å²) in [5, 5.41) is 0. The van der Waals surface area contributed by atoms with Crippen molar-refractivity contribution in [2.45, 2.75) is 19.6 Å². The third-order valence-corrected chi connectivity index (χ3v) is 0.947. The molecule has 0 aliphatic carbocycles. The quantitative estimate of drug-likeness (QED) is 0.515. The Bertz CT molecular complexity index is 163. The van der Waals surface area contributed by atoms with Gasteiger partial charge >= 0.3 is 0 Å². The van der Waals surface area contributed by atoms with Crippen molar-refractivity contribution < 1.29 is 14.2 Å². The molecule has 3 nitrogen and oxygen atoms in total. The van der Waals surface area contributed by atoms with Crippen LogP contribution in [0.2, 0.25) is 0 Å². The van der Waals surface area contributed by atoms with Crippen LogP contribution in [0.15, 0.2) is 25.0 Å². The van der Waals surface area contributed by atoms with Gasteiger partial charge in [0.1, 0.15) is 0 Å². The van der Waals surface area contributed by atoms with Gasteiger partial charge < -0.3 is 14.2 Å². The van der Waals surface area contributed by atoms with Crippen molar-refractivity contribution in [1.29, 1.82) is 0 Å². The second-order valence-electron chi connectivity index (χ2n) is 2.45. The highest BCUT2D eigenvalue weighted by atomic mass is 16.9. The highest BCUT2D eigenvalue weighted by molar-refractivity contribution is 4.87. The lowest BCUT2D eigenvalue weighted by Crippen LogP contribution is -2.32. The SMILES string of the molecule is C=C1OC(=C)OC(C)(C)O1. The molecule has 0 radical (unpaired) electrons. The lowest BCUT2D eigenvalue weighted by atomic mass is 10.4. The summed E-state index contributed by atoms with van der Waals surface area (Å²) in [5.41, 5.74) is 0. The monoisotopic (exact) mass is 142 g/mol. The largest absolute Gasteiger partial charge is 0.423 e. The van der Waals surface area contributed by atoms with Crippen LogP contribution in [0.25, 0.3) is 0 Å². The Morgan fingerprint density at radius 2 is 1.50 bits per heavy atom. The molecule has 1 heterocycles. The molecule has 56 valence electrons. The molecule has 0 saturated carbocycles. The fourth-order valence-electron chi connectivity index (χ4n) is 0.738. The average Bonchev–Trinajstić information content (AvgIpc) is 1.54. The van der Waals surface area contributed by atoms with Crippen LogP contribution in [0.3, 0.4) is 0 Å². The van der Waals surface area contributed by atoms with E-state index in [0.29, 0.717) is 0 Å². The Morgan fingerprint density at radius 3 is 1.80 bits per heavy atom. The normalized spacial score (nSPS) is 22.6. The van der Waals surface area contributed by atoms with Crippen molar-refractivity contribution in [2.75, 3.05) is 0 Å². The third kappa shape index (κ3) is 1.43. The predicted octanol–water partition coefficient (Wildman–Crippen LogP) is 1.73. The highest BCUT2D eigenvalue weighted by Gasteiger charge is 2.29. The summed E-state index contributed by atoms with van der Waals surface area (Å²) in [6.45, 7) is 10.5. The summed E-state index contributed by atoms with van der Waals surface area (Å²) < 4.78 is 14.9. The lowest BCUT2D eigenvalue weighted by molar-refractivity contribution is -0.259. The summed E-state index contributed by atoms with van der Waals surface area (Å²) >= 11 is 0. The van der Waals surface area contributed by atoms with Crippen molar-refractivity contribution in [3.63, 3.8) is 0 Å². The fourth-order valence-corrected chi connectivity index (χ4v) is 0.738. The van der Waals surface area contributed by atoms with Crippen molar-refractivity contribution in [3.05, 3.63) is 25.0 Å². The number of rotatable bonds is 0. The topological polar surface area (TPSA) is 27.7 Å². The molecular weight excluding hydrogens is 132 g/mol. The minimum absolute atomic E-state index is 0.223. The van der Waals surface area contributed by atoms with Crippen LogP contribution >= 0.6 is 0 Å². The van der Waals surface area contributed by atoms with E-state index in [1.54, 1.807) is 13.8 Å².